The third kappa shape index (κ3) is 4.26. The fourth-order valence-electron chi connectivity index (χ4n) is 1.95. The zero-order valence-corrected chi connectivity index (χ0v) is 10.5. The van der Waals surface area contributed by atoms with Crippen molar-refractivity contribution in [2.75, 3.05) is 0 Å². The maximum Gasteiger partial charge on any atom is 0.0270 e. The van der Waals surface area contributed by atoms with Crippen LogP contribution in [0.25, 0.3) is 0 Å². The van der Waals surface area contributed by atoms with Gasteiger partial charge in [-0.2, -0.15) is 0 Å². The van der Waals surface area contributed by atoms with E-state index in [4.69, 9.17) is 5.73 Å². The average Bonchev–Trinajstić information content (AvgIpc) is 2.45. The molecule has 0 amide bonds. The third-order valence-corrected chi connectivity index (χ3v) is 3.11. The highest BCUT2D eigenvalue weighted by molar-refractivity contribution is 5.11. The Labute approximate surface area is 108 Å². The van der Waals surface area contributed by atoms with Crippen molar-refractivity contribution >= 4 is 0 Å². The van der Waals surface area contributed by atoms with E-state index < -0.39 is 0 Å². The van der Waals surface area contributed by atoms with Gasteiger partial charge in [0, 0.05) is 30.8 Å². The van der Waals surface area contributed by atoms with Gasteiger partial charge in [-0.15, -0.1) is 0 Å². The Morgan fingerprint density at radius 3 is 1.56 bits per heavy atom. The Bertz CT molecular complexity index is 398. The van der Waals surface area contributed by atoms with E-state index in [-0.39, 0.29) is 6.04 Å². The summed E-state index contributed by atoms with van der Waals surface area (Å²) in [4.78, 5) is 8.02. The zero-order chi connectivity index (χ0) is 12.6. The summed E-state index contributed by atoms with van der Waals surface area (Å²) >= 11 is 0. The Balaban J connectivity index is 1.71. The van der Waals surface area contributed by atoms with Gasteiger partial charge in [-0.3, -0.25) is 9.97 Å². The van der Waals surface area contributed by atoms with Crippen LogP contribution in [0.15, 0.2) is 49.1 Å². The lowest BCUT2D eigenvalue weighted by molar-refractivity contribution is 0.568. The second kappa shape index (κ2) is 6.87. The van der Waals surface area contributed by atoms with Gasteiger partial charge in [-0.25, -0.2) is 0 Å². The fraction of sp³-hybridized carbons (Fsp3) is 0.333. The highest BCUT2D eigenvalue weighted by atomic mass is 14.6. The maximum absolute atomic E-state index is 6.14. The molecule has 3 nitrogen and oxygen atoms in total. The lowest BCUT2D eigenvalue weighted by Gasteiger charge is -2.11. The molecule has 0 radical (unpaired) electrons. The molecule has 0 bridgehead atoms. The van der Waals surface area contributed by atoms with Gasteiger partial charge in [0.25, 0.3) is 0 Å². The van der Waals surface area contributed by atoms with Gasteiger partial charge in [0.15, 0.2) is 0 Å². The molecule has 2 rings (SSSR count). The van der Waals surface area contributed by atoms with Gasteiger partial charge in [-0.05, 0) is 61.1 Å². The number of hydrogen-bond acceptors (Lipinski definition) is 3. The van der Waals surface area contributed by atoms with Gasteiger partial charge in [0.2, 0.25) is 0 Å². The first kappa shape index (κ1) is 12.7. The first-order valence-corrected chi connectivity index (χ1v) is 6.38. The Hall–Kier alpha value is -1.74. The molecule has 0 fully saturated rings. The maximum atomic E-state index is 6.14. The normalized spacial score (nSPS) is 10.8. The molecule has 2 aromatic heterocycles. The molecule has 0 aliphatic rings. The van der Waals surface area contributed by atoms with E-state index in [1.165, 1.54) is 11.1 Å². The summed E-state index contributed by atoms with van der Waals surface area (Å²) in [5.41, 5.74) is 8.76. The van der Waals surface area contributed by atoms with E-state index in [1.807, 2.05) is 24.8 Å². The highest BCUT2D eigenvalue weighted by Crippen LogP contribution is 2.08. The molecule has 0 saturated heterocycles. The van der Waals surface area contributed by atoms with E-state index in [1.54, 1.807) is 0 Å². The topological polar surface area (TPSA) is 51.8 Å². The largest absolute Gasteiger partial charge is 0.328 e. The molecule has 0 unspecified atom stereocenters. The van der Waals surface area contributed by atoms with Gasteiger partial charge in [0.05, 0.1) is 0 Å². The first-order valence-electron chi connectivity index (χ1n) is 6.38. The van der Waals surface area contributed by atoms with Crippen LogP contribution in [-0.4, -0.2) is 16.0 Å². The van der Waals surface area contributed by atoms with Crippen LogP contribution >= 0.6 is 0 Å². The van der Waals surface area contributed by atoms with Crippen LogP contribution in [0.1, 0.15) is 24.0 Å². The summed E-state index contributed by atoms with van der Waals surface area (Å²) in [5, 5.41) is 0. The second-order valence-corrected chi connectivity index (χ2v) is 4.55. The van der Waals surface area contributed by atoms with Crippen molar-refractivity contribution in [2.24, 2.45) is 5.73 Å². The zero-order valence-electron chi connectivity index (χ0n) is 10.5. The SMILES string of the molecule is NC(CCc1ccncc1)CCc1ccncc1. The van der Waals surface area contributed by atoms with Gasteiger partial charge in [0.1, 0.15) is 0 Å². The van der Waals surface area contributed by atoms with Gasteiger partial charge in [-0.1, -0.05) is 0 Å². The van der Waals surface area contributed by atoms with Crippen LogP contribution in [0, 0.1) is 0 Å². The monoisotopic (exact) mass is 241 g/mol. The third-order valence-electron chi connectivity index (χ3n) is 3.11. The second-order valence-electron chi connectivity index (χ2n) is 4.55. The molecule has 2 aromatic rings. The number of rotatable bonds is 6. The molecule has 0 saturated carbocycles. The van der Waals surface area contributed by atoms with Crippen LogP contribution < -0.4 is 5.73 Å². The minimum absolute atomic E-state index is 0.256. The Kier molecular flexibility index (Phi) is 4.85. The summed E-state index contributed by atoms with van der Waals surface area (Å²) in [6.07, 6.45) is 11.4. The van der Waals surface area contributed by atoms with Crippen molar-refractivity contribution < 1.29 is 0 Å². The molecule has 0 aliphatic carbocycles. The van der Waals surface area contributed by atoms with Crippen LogP contribution in [-0.2, 0) is 12.8 Å². The Morgan fingerprint density at radius 2 is 1.17 bits per heavy atom. The van der Waals surface area contributed by atoms with Gasteiger partial charge >= 0.3 is 0 Å². The summed E-state index contributed by atoms with van der Waals surface area (Å²) in [7, 11) is 0. The van der Waals surface area contributed by atoms with Crippen LogP contribution in [0.2, 0.25) is 0 Å². The molecule has 0 aromatic carbocycles. The van der Waals surface area contributed by atoms with E-state index in [2.05, 4.69) is 34.2 Å². The van der Waals surface area contributed by atoms with Gasteiger partial charge < -0.3 is 5.73 Å². The Morgan fingerprint density at radius 1 is 0.778 bits per heavy atom. The van der Waals surface area contributed by atoms with Crippen molar-refractivity contribution in [3.8, 4) is 0 Å². The smallest absolute Gasteiger partial charge is 0.0270 e. The minimum Gasteiger partial charge on any atom is -0.328 e. The number of hydrogen-bond donors (Lipinski definition) is 1. The molecule has 0 spiro atoms. The molecule has 0 atom stereocenters. The number of nitrogens with two attached hydrogens (primary N) is 1. The first-order chi connectivity index (χ1) is 8.84. The highest BCUT2D eigenvalue weighted by Gasteiger charge is 2.03. The van der Waals surface area contributed by atoms with Crippen molar-refractivity contribution in [1.82, 2.24) is 9.97 Å². The molecule has 3 heteroatoms. The fourth-order valence-corrected chi connectivity index (χ4v) is 1.95. The number of aromatic nitrogens is 2. The van der Waals surface area contributed by atoms with Crippen LogP contribution in [0.3, 0.4) is 0 Å². The van der Waals surface area contributed by atoms with Crippen LogP contribution in [0.5, 0.6) is 0 Å². The molecule has 2 heterocycles. The predicted octanol–water partition coefficient (Wildman–Crippen LogP) is 2.37. The molecular formula is C15H19N3. The van der Waals surface area contributed by atoms with Crippen molar-refractivity contribution in [3.05, 3.63) is 60.2 Å². The van der Waals surface area contributed by atoms with Crippen molar-refractivity contribution in [1.29, 1.82) is 0 Å². The van der Waals surface area contributed by atoms with Crippen molar-refractivity contribution in [3.63, 3.8) is 0 Å². The summed E-state index contributed by atoms with van der Waals surface area (Å²) < 4.78 is 0. The van der Waals surface area contributed by atoms with E-state index in [0.29, 0.717) is 0 Å². The molecule has 18 heavy (non-hydrogen) atoms. The van der Waals surface area contributed by atoms with E-state index in [0.717, 1.165) is 25.7 Å². The molecule has 94 valence electrons. The number of nitrogens with zero attached hydrogens (tertiary/aromatic N) is 2. The van der Waals surface area contributed by atoms with E-state index in [9.17, 15) is 0 Å². The van der Waals surface area contributed by atoms with Crippen molar-refractivity contribution in [2.45, 2.75) is 31.7 Å². The average molecular weight is 241 g/mol. The summed E-state index contributed by atoms with van der Waals surface area (Å²) in [6, 6.07) is 8.46. The van der Waals surface area contributed by atoms with Crippen LogP contribution in [0.4, 0.5) is 0 Å². The summed E-state index contributed by atoms with van der Waals surface area (Å²) in [5.74, 6) is 0. The minimum atomic E-state index is 0.256. The summed E-state index contributed by atoms with van der Waals surface area (Å²) in [6.45, 7) is 0. The quantitative estimate of drug-likeness (QED) is 0.844. The standard InChI is InChI=1S/C15H19N3/c16-15(3-1-13-5-9-17-10-6-13)4-2-14-7-11-18-12-8-14/h5-12,15H,1-4,16H2. The predicted molar refractivity (Wildman–Crippen MR) is 73.1 cm³/mol. The lowest BCUT2D eigenvalue weighted by atomic mass is 10.0. The number of pyridine rings is 2. The number of aryl methyl sites for hydroxylation is 2. The molecule has 0 aliphatic heterocycles. The lowest BCUT2D eigenvalue weighted by Crippen LogP contribution is -2.21. The van der Waals surface area contributed by atoms with E-state index >= 15 is 0 Å². The molecular weight excluding hydrogens is 222 g/mol. The molecule has 2 N–H and O–H groups in total.